The van der Waals surface area contributed by atoms with E-state index in [1.807, 2.05) is 39.1 Å². The first-order valence-corrected chi connectivity index (χ1v) is 7.54. The molecule has 4 heteroatoms. The molecule has 116 valence electrons. The minimum Gasteiger partial charge on any atom is -0.490 e. The lowest BCUT2D eigenvalue weighted by molar-refractivity contribution is 0.0886. The predicted octanol–water partition coefficient (Wildman–Crippen LogP) is 4.04. The highest BCUT2D eigenvalue weighted by Gasteiger charge is 2.29. The number of hydrogen-bond donors (Lipinski definition) is 1. The topological polar surface area (TPSA) is 51.5 Å². The summed E-state index contributed by atoms with van der Waals surface area (Å²) in [4.78, 5) is 11.3. The maximum atomic E-state index is 11.3. The Kier molecular flexibility index (Phi) is 5.02. The molecule has 4 nitrogen and oxygen atoms in total. The molecule has 1 aliphatic rings. The molecule has 3 rings (SSSR count). The molecule has 1 fully saturated rings. The Morgan fingerprint density at radius 3 is 2.67 bits per heavy atom. The number of hydrogen-bond acceptors (Lipinski definition) is 4. The van der Waals surface area contributed by atoms with Crippen molar-refractivity contribution in [2.24, 2.45) is 0 Å². The zero-order valence-electron chi connectivity index (χ0n) is 13.1. The first-order chi connectivity index (χ1) is 10.2. The number of rotatable bonds is 4. The monoisotopic (exact) mass is 291 g/mol. The lowest BCUT2D eigenvalue weighted by atomic mass is 9.89. The van der Waals surface area contributed by atoms with Crippen molar-refractivity contribution >= 4 is 16.8 Å². The van der Waals surface area contributed by atoms with E-state index in [0.29, 0.717) is 11.8 Å². The lowest BCUT2D eigenvalue weighted by Crippen LogP contribution is -2.45. The van der Waals surface area contributed by atoms with Gasteiger partial charge in [-0.1, -0.05) is 13.8 Å². The summed E-state index contributed by atoms with van der Waals surface area (Å²) < 4.78 is 11.3. The van der Waals surface area contributed by atoms with Gasteiger partial charge in [0.15, 0.2) is 11.5 Å². The van der Waals surface area contributed by atoms with Crippen molar-refractivity contribution in [1.82, 2.24) is 5.32 Å². The van der Waals surface area contributed by atoms with Gasteiger partial charge in [-0.2, -0.15) is 0 Å². The number of carbonyl (C=O) groups is 1. The van der Waals surface area contributed by atoms with E-state index in [9.17, 15) is 4.79 Å². The van der Waals surface area contributed by atoms with Crippen LogP contribution in [0.15, 0.2) is 28.7 Å². The quantitative estimate of drug-likeness (QED) is 0.864. The number of fused-ring (bicyclic) bond motifs is 1. The van der Waals surface area contributed by atoms with Crippen molar-refractivity contribution in [2.75, 3.05) is 7.05 Å². The van der Waals surface area contributed by atoms with E-state index in [1.54, 1.807) is 6.07 Å². The summed E-state index contributed by atoms with van der Waals surface area (Å²) in [5.74, 6) is 1.17. The third-order valence-electron chi connectivity index (χ3n) is 3.64. The molecule has 1 N–H and O–H groups in total. The van der Waals surface area contributed by atoms with Gasteiger partial charge in [-0.3, -0.25) is 4.79 Å². The van der Waals surface area contributed by atoms with Gasteiger partial charge in [0.2, 0.25) is 0 Å². The number of ether oxygens (including phenoxy) is 1. The molecule has 1 aromatic heterocycles. The molecular weight excluding hydrogens is 266 g/mol. The van der Waals surface area contributed by atoms with Crippen molar-refractivity contribution in [3.8, 4) is 5.75 Å². The number of nitrogens with one attached hydrogen (secondary N) is 1. The number of furan rings is 1. The summed E-state index contributed by atoms with van der Waals surface area (Å²) in [5.41, 5.74) is 0.722. The van der Waals surface area contributed by atoms with Gasteiger partial charge in [0.05, 0.1) is 0 Å². The molecular formula is C17H25NO3. The van der Waals surface area contributed by atoms with Gasteiger partial charge in [-0.05, 0) is 44.2 Å². The number of Topliss-reactive ketones (excluding diaryl/α,β-unsaturated/α-hetero) is 1. The molecule has 0 amide bonds. The largest absolute Gasteiger partial charge is 0.490 e. The number of benzene rings is 1. The highest BCUT2D eigenvalue weighted by molar-refractivity contribution is 5.96. The molecule has 1 saturated carbocycles. The fourth-order valence-electron chi connectivity index (χ4n) is 2.36. The van der Waals surface area contributed by atoms with Crippen LogP contribution in [0.25, 0.3) is 11.0 Å². The standard InChI is InChI=1S/C15H17NO3.C2H6.H2/c1-9(17)15-6-10-5-12(3-4-14(10)19-15)18-13-7-11(8-13)16-2;1-2;/h3-6,11,13,16H,7-8H2,1-2H3;1-2H3;1H. The Bertz CT molecular complexity index is 617. The summed E-state index contributed by atoms with van der Waals surface area (Å²) >= 11 is 0. The Hall–Kier alpha value is -1.81. The van der Waals surface area contributed by atoms with Crippen molar-refractivity contribution in [3.63, 3.8) is 0 Å². The Labute approximate surface area is 127 Å². The van der Waals surface area contributed by atoms with Crippen LogP contribution in [0.4, 0.5) is 0 Å². The van der Waals surface area contributed by atoms with E-state index in [2.05, 4.69) is 5.32 Å². The van der Waals surface area contributed by atoms with Gasteiger partial charge in [0.25, 0.3) is 0 Å². The molecule has 0 bridgehead atoms. The van der Waals surface area contributed by atoms with Gasteiger partial charge < -0.3 is 14.5 Å². The third kappa shape index (κ3) is 3.45. The van der Waals surface area contributed by atoms with Gasteiger partial charge in [0, 0.05) is 19.8 Å². The molecule has 0 saturated heterocycles. The Balaban J connectivity index is 0.000000775. The maximum absolute atomic E-state index is 11.3. The fourth-order valence-corrected chi connectivity index (χ4v) is 2.36. The summed E-state index contributed by atoms with van der Waals surface area (Å²) in [6.07, 6.45) is 2.37. The highest BCUT2D eigenvalue weighted by atomic mass is 16.5. The zero-order chi connectivity index (χ0) is 15.4. The van der Waals surface area contributed by atoms with Crippen LogP contribution in [0.5, 0.6) is 5.75 Å². The molecule has 0 atom stereocenters. The SMILES string of the molecule is CC.CNC1CC(Oc2ccc3oc(C(C)=O)cc3c2)C1.[HH]. The number of ketones is 1. The fraction of sp³-hybridized carbons (Fsp3) is 0.471. The second kappa shape index (κ2) is 6.76. The van der Waals surface area contributed by atoms with Gasteiger partial charge in [-0.25, -0.2) is 0 Å². The van der Waals surface area contributed by atoms with E-state index in [1.165, 1.54) is 6.92 Å². The number of carbonyl (C=O) groups excluding carboxylic acids is 1. The van der Waals surface area contributed by atoms with E-state index in [-0.39, 0.29) is 13.3 Å². The van der Waals surface area contributed by atoms with Crippen LogP contribution >= 0.6 is 0 Å². The summed E-state index contributed by atoms with van der Waals surface area (Å²) in [7, 11) is 1.97. The first kappa shape index (κ1) is 15.6. The lowest BCUT2D eigenvalue weighted by Gasteiger charge is -2.35. The average molecular weight is 291 g/mol. The van der Waals surface area contributed by atoms with E-state index in [4.69, 9.17) is 9.15 Å². The highest BCUT2D eigenvalue weighted by Crippen LogP contribution is 2.29. The maximum Gasteiger partial charge on any atom is 0.194 e. The summed E-state index contributed by atoms with van der Waals surface area (Å²) in [5, 5.41) is 4.14. The van der Waals surface area contributed by atoms with E-state index in [0.717, 1.165) is 29.6 Å². The minimum atomic E-state index is -0.0606. The smallest absolute Gasteiger partial charge is 0.194 e. The Morgan fingerprint density at radius 1 is 1.33 bits per heavy atom. The van der Waals surface area contributed by atoms with Crippen LogP contribution < -0.4 is 10.1 Å². The normalized spacial score (nSPS) is 20.4. The van der Waals surface area contributed by atoms with E-state index >= 15 is 0 Å². The first-order valence-electron chi connectivity index (χ1n) is 7.54. The van der Waals surface area contributed by atoms with Crippen molar-refractivity contribution in [1.29, 1.82) is 0 Å². The second-order valence-corrected chi connectivity index (χ2v) is 5.06. The zero-order valence-corrected chi connectivity index (χ0v) is 13.1. The average Bonchev–Trinajstić information content (AvgIpc) is 2.88. The minimum absolute atomic E-state index is 0. The molecule has 0 spiro atoms. The van der Waals surface area contributed by atoms with Crippen molar-refractivity contribution in [3.05, 3.63) is 30.0 Å². The summed E-state index contributed by atoms with van der Waals surface area (Å²) in [6.45, 7) is 5.50. The van der Waals surface area contributed by atoms with Crippen LogP contribution in [-0.2, 0) is 0 Å². The van der Waals surface area contributed by atoms with Gasteiger partial charge >= 0.3 is 0 Å². The van der Waals surface area contributed by atoms with Crippen molar-refractivity contribution < 1.29 is 15.4 Å². The Morgan fingerprint density at radius 2 is 2.05 bits per heavy atom. The van der Waals surface area contributed by atoms with Gasteiger partial charge in [-0.15, -0.1) is 0 Å². The summed E-state index contributed by atoms with van der Waals surface area (Å²) in [6, 6.07) is 8.01. The molecule has 1 aromatic carbocycles. The third-order valence-corrected chi connectivity index (χ3v) is 3.64. The molecule has 1 heterocycles. The molecule has 1 aliphatic carbocycles. The molecule has 2 aromatic rings. The molecule has 0 radical (unpaired) electrons. The molecule has 21 heavy (non-hydrogen) atoms. The second-order valence-electron chi connectivity index (χ2n) is 5.06. The van der Waals surface area contributed by atoms with E-state index < -0.39 is 0 Å². The predicted molar refractivity (Wildman–Crippen MR) is 86.2 cm³/mol. The van der Waals surface area contributed by atoms with Crippen LogP contribution in [0.3, 0.4) is 0 Å². The van der Waals surface area contributed by atoms with Crippen molar-refractivity contribution in [2.45, 2.75) is 45.8 Å². The van der Waals surface area contributed by atoms with Crippen LogP contribution in [-0.4, -0.2) is 25.0 Å². The van der Waals surface area contributed by atoms with Gasteiger partial charge in [0.1, 0.15) is 17.4 Å². The molecule has 0 aliphatic heterocycles. The van der Waals surface area contributed by atoms with Crippen LogP contribution in [0.1, 0.15) is 45.6 Å². The molecule has 0 unspecified atom stereocenters. The van der Waals surface area contributed by atoms with Crippen LogP contribution in [0, 0.1) is 0 Å². The van der Waals surface area contributed by atoms with Crippen LogP contribution in [0.2, 0.25) is 0 Å².